The molecule has 0 N–H and O–H groups in total. The zero-order chi connectivity index (χ0) is 19.1. The first-order valence-corrected chi connectivity index (χ1v) is 9.04. The van der Waals surface area contributed by atoms with E-state index in [0.717, 1.165) is 4.57 Å². The van der Waals surface area contributed by atoms with Crippen LogP contribution < -0.4 is 5.69 Å². The Labute approximate surface area is 158 Å². The molecular formula is C17H20BrFN4O3. The van der Waals surface area contributed by atoms with Gasteiger partial charge in [0.2, 0.25) is 0 Å². The summed E-state index contributed by atoms with van der Waals surface area (Å²) in [5.41, 5.74) is -0.888. The van der Waals surface area contributed by atoms with Crippen molar-refractivity contribution in [3.8, 4) is 5.69 Å². The first kappa shape index (κ1) is 18.6. The quantitative estimate of drug-likeness (QED) is 0.739. The maximum absolute atomic E-state index is 14.1. The molecule has 0 bridgehead atoms. The van der Waals surface area contributed by atoms with Crippen LogP contribution in [-0.4, -0.2) is 44.0 Å². The number of carbonyl (C=O) groups excluding carboxylic acids is 1. The number of nitrogens with zero attached hydrogens (tertiary/aromatic N) is 4. The average molecular weight is 427 g/mol. The van der Waals surface area contributed by atoms with Crippen molar-refractivity contribution in [1.29, 1.82) is 0 Å². The number of carbonyl (C=O) groups is 1. The summed E-state index contributed by atoms with van der Waals surface area (Å²) >= 11 is 3.19. The minimum absolute atomic E-state index is 0.131. The molecule has 3 rings (SSSR count). The van der Waals surface area contributed by atoms with Crippen LogP contribution in [0.4, 0.5) is 9.18 Å². The van der Waals surface area contributed by atoms with Gasteiger partial charge in [0.1, 0.15) is 17.7 Å². The molecule has 2 heterocycles. The Morgan fingerprint density at radius 1 is 1.38 bits per heavy atom. The van der Waals surface area contributed by atoms with E-state index in [1.807, 2.05) is 0 Å². The maximum Gasteiger partial charge on any atom is 0.410 e. The van der Waals surface area contributed by atoms with E-state index in [4.69, 9.17) is 4.74 Å². The molecule has 1 saturated heterocycles. The fourth-order valence-corrected chi connectivity index (χ4v) is 3.18. The van der Waals surface area contributed by atoms with E-state index >= 15 is 0 Å². The Morgan fingerprint density at radius 2 is 2.12 bits per heavy atom. The zero-order valence-electron chi connectivity index (χ0n) is 14.8. The molecule has 0 aliphatic carbocycles. The van der Waals surface area contributed by atoms with Crippen LogP contribution in [0.15, 0.2) is 33.8 Å². The number of rotatable bonds is 2. The van der Waals surface area contributed by atoms with Crippen molar-refractivity contribution >= 4 is 22.0 Å². The Kier molecular flexibility index (Phi) is 4.92. The molecule has 1 atom stereocenters. The molecule has 1 fully saturated rings. The van der Waals surface area contributed by atoms with Crippen LogP contribution in [0.5, 0.6) is 0 Å². The molecule has 26 heavy (non-hydrogen) atoms. The summed E-state index contributed by atoms with van der Waals surface area (Å²) in [7, 11) is 0. The molecular weight excluding hydrogens is 407 g/mol. The lowest BCUT2D eigenvalue weighted by Crippen LogP contribution is -2.36. The highest BCUT2D eigenvalue weighted by atomic mass is 79.9. The van der Waals surface area contributed by atoms with Crippen molar-refractivity contribution in [3.63, 3.8) is 0 Å². The largest absolute Gasteiger partial charge is 0.444 e. The Hall–Kier alpha value is -2.16. The summed E-state index contributed by atoms with van der Waals surface area (Å²) in [5.74, 6) is -0.525. The second-order valence-electron chi connectivity index (χ2n) is 7.19. The molecule has 1 aliphatic rings. The van der Waals surface area contributed by atoms with Gasteiger partial charge in [-0.15, -0.1) is 0 Å². The first-order valence-electron chi connectivity index (χ1n) is 8.25. The molecule has 0 saturated carbocycles. The highest BCUT2D eigenvalue weighted by Crippen LogP contribution is 2.22. The lowest BCUT2D eigenvalue weighted by atomic mass is 10.2. The van der Waals surface area contributed by atoms with Gasteiger partial charge in [-0.3, -0.25) is 0 Å². The third kappa shape index (κ3) is 3.82. The second-order valence-corrected chi connectivity index (χ2v) is 8.11. The van der Waals surface area contributed by atoms with Crippen LogP contribution in [0, 0.1) is 5.82 Å². The van der Waals surface area contributed by atoms with Crippen molar-refractivity contribution in [1.82, 2.24) is 19.2 Å². The number of hydrogen-bond donors (Lipinski definition) is 0. The summed E-state index contributed by atoms with van der Waals surface area (Å²) < 4.78 is 22.5. The van der Waals surface area contributed by atoms with Crippen molar-refractivity contribution in [2.45, 2.75) is 38.8 Å². The van der Waals surface area contributed by atoms with E-state index in [1.54, 1.807) is 31.7 Å². The van der Waals surface area contributed by atoms with E-state index < -0.39 is 23.2 Å². The van der Waals surface area contributed by atoms with E-state index in [1.165, 1.54) is 23.1 Å². The Balaban J connectivity index is 1.79. The standard InChI is InChI=1S/C17H20BrFN4O3/c1-17(2,3)26-16(25)21-7-6-12(9-21)23-15(24)22(10-20-23)14-5-4-11(18)8-13(14)19/h4-5,8,10,12H,6-7,9H2,1-3H3. The molecule has 1 aromatic carbocycles. The van der Waals surface area contributed by atoms with Gasteiger partial charge >= 0.3 is 11.8 Å². The predicted molar refractivity (Wildman–Crippen MR) is 96.9 cm³/mol. The van der Waals surface area contributed by atoms with E-state index in [-0.39, 0.29) is 11.7 Å². The third-order valence-corrected chi connectivity index (χ3v) is 4.52. The van der Waals surface area contributed by atoms with Crippen molar-refractivity contribution in [2.24, 2.45) is 0 Å². The van der Waals surface area contributed by atoms with E-state index in [2.05, 4.69) is 21.0 Å². The van der Waals surface area contributed by atoms with Crippen LogP contribution in [0.1, 0.15) is 33.2 Å². The SMILES string of the molecule is CC(C)(C)OC(=O)N1CCC(n2ncn(-c3ccc(Br)cc3F)c2=O)C1. The van der Waals surface area contributed by atoms with Gasteiger partial charge in [0.05, 0.1) is 11.7 Å². The minimum Gasteiger partial charge on any atom is -0.444 e. The number of amides is 1. The van der Waals surface area contributed by atoms with Gasteiger partial charge in [-0.05, 0) is 45.4 Å². The smallest absolute Gasteiger partial charge is 0.410 e. The lowest BCUT2D eigenvalue weighted by molar-refractivity contribution is 0.0288. The number of hydrogen-bond acceptors (Lipinski definition) is 4. The number of halogens is 2. The van der Waals surface area contributed by atoms with Gasteiger partial charge < -0.3 is 9.64 Å². The molecule has 0 spiro atoms. The lowest BCUT2D eigenvalue weighted by Gasteiger charge is -2.24. The predicted octanol–water partition coefficient (Wildman–Crippen LogP) is 3.12. The number of aromatic nitrogens is 3. The normalized spacial score (nSPS) is 17.6. The van der Waals surface area contributed by atoms with Crippen LogP contribution in [-0.2, 0) is 4.74 Å². The van der Waals surface area contributed by atoms with Crippen molar-refractivity contribution in [3.05, 3.63) is 45.3 Å². The Morgan fingerprint density at radius 3 is 2.77 bits per heavy atom. The van der Waals surface area contributed by atoms with Gasteiger partial charge in [0.25, 0.3) is 0 Å². The van der Waals surface area contributed by atoms with Crippen molar-refractivity contribution in [2.75, 3.05) is 13.1 Å². The van der Waals surface area contributed by atoms with E-state index in [9.17, 15) is 14.0 Å². The fourth-order valence-electron chi connectivity index (χ4n) is 2.84. The van der Waals surface area contributed by atoms with E-state index in [0.29, 0.717) is 24.0 Å². The average Bonchev–Trinajstić information content (AvgIpc) is 3.13. The molecule has 1 aromatic heterocycles. The van der Waals surface area contributed by atoms with Gasteiger partial charge in [-0.25, -0.2) is 23.2 Å². The highest BCUT2D eigenvalue weighted by Gasteiger charge is 2.32. The Bertz CT molecular complexity index is 887. The number of benzene rings is 1. The molecule has 7 nitrogen and oxygen atoms in total. The van der Waals surface area contributed by atoms with Gasteiger partial charge in [-0.2, -0.15) is 5.10 Å². The molecule has 1 amide bonds. The number of ether oxygens (including phenoxy) is 1. The topological polar surface area (TPSA) is 69.4 Å². The van der Waals surface area contributed by atoms with Crippen LogP contribution in [0.2, 0.25) is 0 Å². The molecule has 1 unspecified atom stereocenters. The molecule has 2 aromatic rings. The summed E-state index contributed by atoms with van der Waals surface area (Å²) in [4.78, 5) is 26.4. The summed E-state index contributed by atoms with van der Waals surface area (Å²) in [6.45, 7) is 6.21. The number of likely N-dealkylation sites (tertiary alicyclic amines) is 1. The van der Waals surface area contributed by atoms with Crippen LogP contribution in [0.3, 0.4) is 0 Å². The second kappa shape index (κ2) is 6.86. The summed E-state index contributed by atoms with van der Waals surface area (Å²) in [6, 6.07) is 4.19. The van der Waals surface area contributed by atoms with Crippen molar-refractivity contribution < 1.29 is 13.9 Å². The zero-order valence-corrected chi connectivity index (χ0v) is 16.4. The summed E-state index contributed by atoms with van der Waals surface area (Å²) in [6.07, 6.45) is 1.47. The maximum atomic E-state index is 14.1. The summed E-state index contributed by atoms with van der Waals surface area (Å²) in [5, 5.41) is 4.12. The molecule has 1 aliphatic heterocycles. The molecule has 9 heteroatoms. The third-order valence-electron chi connectivity index (χ3n) is 4.02. The van der Waals surface area contributed by atoms with Crippen LogP contribution >= 0.6 is 15.9 Å². The monoisotopic (exact) mass is 426 g/mol. The van der Waals surface area contributed by atoms with Gasteiger partial charge in [0.15, 0.2) is 0 Å². The first-order chi connectivity index (χ1) is 12.2. The van der Waals surface area contributed by atoms with Crippen LogP contribution in [0.25, 0.3) is 5.69 Å². The molecule has 0 radical (unpaired) electrons. The minimum atomic E-state index is -0.577. The van der Waals surface area contributed by atoms with Gasteiger partial charge in [0, 0.05) is 17.6 Å². The molecule has 140 valence electrons. The van der Waals surface area contributed by atoms with Gasteiger partial charge in [-0.1, -0.05) is 15.9 Å². The fraction of sp³-hybridized carbons (Fsp3) is 0.471. The highest BCUT2D eigenvalue weighted by molar-refractivity contribution is 9.10.